The van der Waals surface area contributed by atoms with Crippen molar-refractivity contribution >= 4 is 23.3 Å². The standard InChI is InChI=1S/C13H12ClN3O2/c1-19-13(18)11-3-2-9(14)6-12(11)16-7-10-4-5-15-8-17-10/h2-6,8,16H,7H2,1H3. The number of methoxy groups -OCH3 is 1. The van der Waals surface area contributed by atoms with Gasteiger partial charge >= 0.3 is 5.97 Å². The molecule has 1 aromatic heterocycles. The van der Waals surface area contributed by atoms with Crippen LogP contribution in [0.15, 0.2) is 36.8 Å². The summed E-state index contributed by atoms with van der Waals surface area (Å²) in [6, 6.07) is 6.73. The number of rotatable bonds is 4. The summed E-state index contributed by atoms with van der Waals surface area (Å²) >= 11 is 5.93. The van der Waals surface area contributed by atoms with E-state index >= 15 is 0 Å². The molecular formula is C13H12ClN3O2. The Labute approximate surface area is 115 Å². The number of benzene rings is 1. The monoisotopic (exact) mass is 277 g/mol. The van der Waals surface area contributed by atoms with Crippen molar-refractivity contribution in [2.75, 3.05) is 12.4 Å². The molecule has 0 saturated carbocycles. The van der Waals surface area contributed by atoms with Gasteiger partial charge < -0.3 is 10.1 Å². The Morgan fingerprint density at radius 1 is 1.42 bits per heavy atom. The van der Waals surface area contributed by atoms with Gasteiger partial charge in [0, 0.05) is 11.2 Å². The van der Waals surface area contributed by atoms with Crippen LogP contribution in [0.5, 0.6) is 0 Å². The molecule has 0 aliphatic rings. The maximum atomic E-state index is 11.6. The van der Waals surface area contributed by atoms with Crippen LogP contribution in [0.4, 0.5) is 5.69 Å². The van der Waals surface area contributed by atoms with Gasteiger partial charge in [0.1, 0.15) is 6.33 Å². The van der Waals surface area contributed by atoms with E-state index in [-0.39, 0.29) is 0 Å². The van der Waals surface area contributed by atoms with Crippen LogP contribution in [0.25, 0.3) is 0 Å². The Morgan fingerprint density at radius 3 is 2.95 bits per heavy atom. The number of ether oxygens (including phenoxy) is 1. The Kier molecular flexibility index (Phi) is 4.30. The van der Waals surface area contributed by atoms with E-state index in [0.717, 1.165) is 5.69 Å². The SMILES string of the molecule is COC(=O)c1ccc(Cl)cc1NCc1ccncn1. The minimum Gasteiger partial charge on any atom is -0.465 e. The predicted molar refractivity (Wildman–Crippen MR) is 72.2 cm³/mol. The lowest BCUT2D eigenvalue weighted by Gasteiger charge is -2.10. The first-order chi connectivity index (χ1) is 9.20. The largest absolute Gasteiger partial charge is 0.465 e. The molecule has 2 rings (SSSR count). The first kappa shape index (κ1) is 13.3. The van der Waals surface area contributed by atoms with Gasteiger partial charge in [-0.05, 0) is 24.3 Å². The molecule has 0 radical (unpaired) electrons. The molecule has 2 aromatic rings. The molecule has 6 heteroatoms. The minimum atomic E-state index is -0.415. The lowest BCUT2D eigenvalue weighted by Crippen LogP contribution is -2.09. The average molecular weight is 278 g/mol. The van der Waals surface area contributed by atoms with Crippen LogP contribution in [-0.4, -0.2) is 23.0 Å². The fourth-order valence-corrected chi connectivity index (χ4v) is 1.73. The highest BCUT2D eigenvalue weighted by Gasteiger charge is 2.12. The van der Waals surface area contributed by atoms with Gasteiger partial charge in [-0.2, -0.15) is 0 Å². The lowest BCUT2D eigenvalue weighted by atomic mass is 10.1. The van der Waals surface area contributed by atoms with Crippen molar-refractivity contribution in [2.45, 2.75) is 6.54 Å². The number of hydrogen-bond donors (Lipinski definition) is 1. The maximum Gasteiger partial charge on any atom is 0.339 e. The maximum absolute atomic E-state index is 11.6. The molecule has 0 spiro atoms. The molecule has 1 aromatic carbocycles. The van der Waals surface area contributed by atoms with Gasteiger partial charge in [-0.15, -0.1) is 0 Å². The van der Waals surface area contributed by atoms with Crippen LogP contribution in [0.3, 0.4) is 0 Å². The van der Waals surface area contributed by atoms with Crippen molar-refractivity contribution in [3.8, 4) is 0 Å². The molecule has 0 saturated heterocycles. The highest BCUT2D eigenvalue weighted by molar-refractivity contribution is 6.31. The Balaban J connectivity index is 2.19. The van der Waals surface area contributed by atoms with Gasteiger partial charge in [0.2, 0.25) is 0 Å². The van der Waals surface area contributed by atoms with Crippen LogP contribution < -0.4 is 5.32 Å². The third kappa shape index (κ3) is 3.42. The second kappa shape index (κ2) is 6.15. The van der Waals surface area contributed by atoms with E-state index < -0.39 is 5.97 Å². The molecule has 0 fully saturated rings. The first-order valence-corrected chi connectivity index (χ1v) is 5.95. The topological polar surface area (TPSA) is 64.1 Å². The zero-order valence-electron chi connectivity index (χ0n) is 10.3. The van der Waals surface area contributed by atoms with Gasteiger partial charge in [0.25, 0.3) is 0 Å². The second-order valence-corrected chi connectivity index (χ2v) is 4.17. The third-order valence-electron chi connectivity index (χ3n) is 2.49. The molecule has 0 aliphatic carbocycles. The summed E-state index contributed by atoms with van der Waals surface area (Å²) in [5, 5.41) is 3.65. The molecular weight excluding hydrogens is 266 g/mol. The van der Waals surface area contributed by atoms with Crippen molar-refractivity contribution in [3.05, 3.63) is 53.1 Å². The van der Waals surface area contributed by atoms with Crippen LogP contribution in [0, 0.1) is 0 Å². The number of esters is 1. The minimum absolute atomic E-state index is 0.415. The van der Waals surface area contributed by atoms with Crippen molar-refractivity contribution in [1.82, 2.24) is 9.97 Å². The molecule has 98 valence electrons. The van der Waals surface area contributed by atoms with Crippen LogP contribution >= 0.6 is 11.6 Å². The molecule has 1 N–H and O–H groups in total. The molecule has 0 aliphatic heterocycles. The number of nitrogens with one attached hydrogen (secondary N) is 1. The third-order valence-corrected chi connectivity index (χ3v) is 2.73. The van der Waals surface area contributed by atoms with Crippen LogP contribution in [0.2, 0.25) is 5.02 Å². The Bertz CT molecular complexity index is 575. The van der Waals surface area contributed by atoms with Gasteiger partial charge in [0.05, 0.1) is 30.6 Å². The first-order valence-electron chi connectivity index (χ1n) is 5.57. The molecule has 0 unspecified atom stereocenters. The summed E-state index contributed by atoms with van der Waals surface area (Å²) in [4.78, 5) is 19.6. The fraction of sp³-hybridized carbons (Fsp3) is 0.154. The van der Waals surface area contributed by atoms with Crippen LogP contribution in [-0.2, 0) is 11.3 Å². The summed E-state index contributed by atoms with van der Waals surface area (Å²) < 4.78 is 4.72. The Hall–Kier alpha value is -2.14. The van der Waals surface area contributed by atoms with E-state index in [4.69, 9.17) is 16.3 Å². The van der Waals surface area contributed by atoms with Crippen molar-refractivity contribution < 1.29 is 9.53 Å². The molecule has 5 nitrogen and oxygen atoms in total. The normalized spacial score (nSPS) is 10.0. The second-order valence-electron chi connectivity index (χ2n) is 3.74. The smallest absolute Gasteiger partial charge is 0.339 e. The lowest BCUT2D eigenvalue weighted by molar-refractivity contribution is 0.0602. The molecule has 0 atom stereocenters. The van der Waals surface area contributed by atoms with Gasteiger partial charge in [-0.25, -0.2) is 14.8 Å². The highest BCUT2D eigenvalue weighted by Crippen LogP contribution is 2.22. The van der Waals surface area contributed by atoms with E-state index in [1.807, 2.05) is 0 Å². The molecule has 0 bridgehead atoms. The number of halogens is 1. The van der Waals surface area contributed by atoms with Crippen LogP contribution in [0.1, 0.15) is 16.1 Å². The number of nitrogens with zero attached hydrogens (tertiary/aromatic N) is 2. The van der Waals surface area contributed by atoms with Crippen molar-refractivity contribution in [2.24, 2.45) is 0 Å². The number of carbonyl (C=O) groups excluding carboxylic acids is 1. The molecule has 1 heterocycles. The number of aromatic nitrogens is 2. The zero-order chi connectivity index (χ0) is 13.7. The quantitative estimate of drug-likeness (QED) is 0.870. The summed E-state index contributed by atoms with van der Waals surface area (Å²) in [5.41, 5.74) is 1.85. The van der Waals surface area contributed by atoms with E-state index in [9.17, 15) is 4.79 Å². The average Bonchev–Trinajstić information content (AvgIpc) is 2.45. The summed E-state index contributed by atoms with van der Waals surface area (Å²) in [6.07, 6.45) is 3.12. The van der Waals surface area contributed by atoms with Crippen molar-refractivity contribution in [1.29, 1.82) is 0 Å². The number of carbonyl (C=O) groups is 1. The van der Waals surface area contributed by atoms with Crippen molar-refractivity contribution in [3.63, 3.8) is 0 Å². The highest BCUT2D eigenvalue weighted by atomic mass is 35.5. The van der Waals surface area contributed by atoms with E-state index in [1.165, 1.54) is 13.4 Å². The van der Waals surface area contributed by atoms with E-state index in [0.29, 0.717) is 22.8 Å². The van der Waals surface area contributed by atoms with Gasteiger partial charge in [-0.1, -0.05) is 11.6 Å². The molecule has 0 amide bonds. The summed E-state index contributed by atoms with van der Waals surface area (Å²) in [7, 11) is 1.34. The van der Waals surface area contributed by atoms with E-state index in [1.54, 1.807) is 30.5 Å². The zero-order valence-corrected chi connectivity index (χ0v) is 11.0. The molecule has 19 heavy (non-hydrogen) atoms. The Morgan fingerprint density at radius 2 is 2.26 bits per heavy atom. The fourth-order valence-electron chi connectivity index (χ4n) is 1.56. The van der Waals surface area contributed by atoms with Gasteiger partial charge in [-0.3, -0.25) is 0 Å². The number of anilines is 1. The van der Waals surface area contributed by atoms with Gasteiger partial charge in [0.15, 0.2) is 0 Å². The van der Waals surface area contributed by atoms with E-state index in [2.05, 4.69) is 15.3 Å². The predicted octanol–water partition coefficient (Wildman–Crippen LogP) is 2.53. The summed E-state index contributed by atoms with van der Waals surface area (Å²) in [5.74, 6) is -0.415. The summed E-state index contributed by atoms with van der Waals surface area (Å²) in [6.45, 7) is 0.465. The number of hydrogen-bond acceptors (Lipinski definition) is 5.